The molecule has 0 spiro atoms. The summed E-state index contributed by atoms with van der Waals surface area (Å²) in [6.45, 7) is 0. The van der Waals surface area contributed by atoms with Gasteiger partial charge in [0.05, 0.1) is 0 Å². The summed E-state index contributed by atoms with van der Waals surface area (Å²) in [6.07, 6.45) is 24.4. The van der Waals surface area contributed by atoms with Crippen LogP contribution in [0.2, 0.25) is 0 Å². The predicted molar refractivity (Wildman–Crippen MR) is 117 cm³/mol. The maximum Gasteiger partial charge on any atom is 0.0333 e. The lowest BCUT2D eigenvalue weighted by molar-refractivity contribution is 0.310. The van der Waals surface area contributed by atoms with Gasteiger partial charge in [-0.05, 0) is 87.5 Å². The maximum absolute atomic E-state index is 2.68. The first-order chi connectivity index (χ1) is 13.9. The Hall–Kier alpha value is -1.44. The fraction of sp³-hybridized carbons (Fsp3) is 0.692. The van der Waals surface area contributed by atoms with Gasteiger partial charge in [0, 0.05) is 35.9 Å². The van der Waals surface area contributed by atoms with E-state index in [0.29, 0.717) is 0 Å². The Bertz CT molecular complexity index is 670. The summed E-state index contributed by atoms with van der Waals surface area (Å²) >= 11 is 0. The van der Waals surface area contributed by atoms with Crippen molar-refractivity contribution in [3.8, 4) is 0 Å². The molecule has 0 unspecified atom stereocenters. The van der Waals surface area contributed by atoms with E-state index in [1.807, 2.05) is 0 Å². The average Bonchev–Trinajstić information content (AvgIpc) is 3.45. The fourth-order valence-corrected chi connectivity index (χ4v) is 6.58. The highest BCUT2D eigenvalue weighted by atomic mass is 15.0. The molecule has 5 rings (SSSR count). The van der Waals surface area contributed by atoms with Gasteiger partial charge in [0.1, 0.15) is 0 Å². The van der Waals surface area contributed by atoms with Gasteiger partial charge >= 0.3 is 0 Å². The normalized spacial score (nSPS) is 27.9. The minimum absolute atomic E-state index is 0.778. The van der Waals surface area contributed by atoms with Crippen LogP contribution in [0.5, 0.6) is 0 Å². The van der Waals surface area contributed by atoms with Gasteiger partial charge in [-0.25, -0.2) is 0 Å². The van der Waals surface area contributed by atoms with E-state index in [9.17, 15) is 0 Å². The number of rotatable bonds is 4. The number of hydrogen-bond donors (Lipinski definition) is 0. The zero-order valence-corrected chi connectivity index (χ0v) is 17.6. The summed E-state index contributed by atoms with van der Waals surface area (Å²) in [4.78, 5) is 0. The Morgan fingerprint density at radius 3 is 1.29 bits per heavy atom. The third-order valence-corrected chi connectivity index (χ3v) is 8.12. The summed E-state index contributed by atoms with van der Waals surface area (Å²) in [5.41, 5.74) is 3.29. The predicted octanol–water partition coefficient (Wildman–Crippen LogP) is 7.74. The highest BCUT2D eigenvalue weighted by Crippen LogP contribution is 2.43. The molecule has 3 aliphatic rings. The minimum atomic E-state index is 0.778. The summed E-state index contributed by atoms with van der Waals surface area (Å²) in [6, 6.07) is 11.0. The van der Waals surface area contributed by atoms with Gasteiger partial charge in [-0.3, -0.25) is 0 Å². The summed E-state index contributed by atoms with van der Waals surface area (Å²) in [7, 11) is 0. The second-order valence-electron chi connectivity index (χ2n) is 9.81. The van der Waals surface area contributed by atoms with Gasteiger partial charge in [-0.15, -0.1) is 0 Å². The molecule has 0 aromatic carbocycles. The molecule has 0 N–H and O–H groups in total. The molecule has 152 valence electrons. The van der Waals surface area contributed by atoms with Crippen molar-refractivity contribution in [2.45, 2.75) is 114 Å². The topological polar surface area (TPSA) is 9.86 Å². The van der Waals surface area contributed by atoms with E-state index < -0.39 is 0 Å². The Balaban J connectivity index is 1.25. The monoisotopic (exact) mass is 378 g/mol. The van der Waals surface area contributed by atoms with Crippen molar-refractivity contribution in [3.63, 3.8) is 0 Å². The van der Waals surface area contributed by atoms with Gasteiger partial charge in [-0.1, -0.05) is 38.5 Å². The highest BCUT2D eigenvalue weighted by Gasteiger charge is 2.29. The molecule has 2 heteroatoms. The molecule has 3 aliphatic carbocycles. The third-order valence-electron chi connectivity index (χ3n) is 8.12. The summed E-state index contributed by atoms with van der Waals surface area (Å²) in [5.74, 6) is 1.57. The van der Waals surface area contributed by atoms with Crippen molar-refractivity contribution in [1.29, 1.82) is 0 Å². The molecule has 2 heterocycles. The van der Waals surface area contributed by atoms with Crippen LogP contribution in [-0.4, -0.2) is 9.13 Å². The van der Waals surface area contributed by atoms with Crippen LogP contribution in [0, 0.1) is 0 Å². The first kappa shape index (κ1) is 18.6. The minimum Gasteiger partial charge on any atom is -0.348 e. The molecular weight excluding hydrogens is 340 g/mol. The second-order valence-corrected chi connectivity index (χ2v) is 9.81. The van der Waals surface area contributed by atoms with Crippen molar-refractivity contribution in [2.24, 2.45) is 0 Å². The van der Waals surface area contributed by atoms with Crippen LogP contribution in [0.4, 0.5) is 0 Å². The molecule has 0 amide bonds. The smallest absolute Gasteiger partial charge is 0.0333 e. The van der Waals surface area contributed by atoms with Gasteiger partial charge in [0.15, 0.2) is 0 Å². The molecule has 2 aromatic rings. The molecule has 2 nitrogen and oxygen atoms in total. The van der Waals surface area contributed by atoms with Gasteiger partial charge in [0.2, 0.25) is 0 Å². The number of hydrogen-bond acceptors (Lipinski definition) is 0. The highest BCUT2D eigenvalue weighted by molar-refractivity contribution is 5.19. The van der Waals surface area contributed by atoms with E-state index in [2.05, 4.69) is 45.8 Å². The quantitative estimate of drug-likeness (QED) is 0.515. The lowest BCUT2D eigenvalue weighted by Gasteiger charge is -2.34. The van der Waals surface area contributed by atoms with Crippen LogP contribution < -0.4 is 0 Å². The first-order valence-corrected chi connectivity index (χ1v) is 12.2. The van der Waals surface area contributed by atoms with E-state index in [4.69, 9.17) is 0 Å². The van der Waals surface area contributed by atoms with E-state index in [0.717, 1.165) is 23.9 Å². The average molecular weight is 379 g/mol. The molecule has 0 saturated heterocycles. The molecule has 3 saturated carbocycles. The largest absolute Gasteiger partial charge is 0.348 e. The van der Waals surface area contributed by atoms with Crippen LogP contribution in [0.25, 0.3) is 0 Å². The van der Waals surface area contributed by atoms with Gasteiger partial charge in [0.25, 0.3) is 0 Å². The Kier molecular flexibility index (Phi) is 5.65. The summed E-state index contributed by atoms with van der Waals surface area (Å²) in [5, 5.41) is 0. The summed E-state index contributed by atoms with van der Waals surface area (Å²) < 4.78 is 5.35. The van der Waals surface area contributed by atoms with Crippen molar-refractivity contribution >= 4 is 0 Å². The number of nitrogens with zero attached hydrogens (tertiary/aromatic N) is 2. The molecule has 28 heavy (non-hydrogen) atoms. The van der Waals surface area contributed by atoms with Gasteiger partial charge < -0.3 is 9.13 Å². The zero-order chi connectivity index (χ0) is 18.8. The molecular formula is C26H38N2. The number of aromatic nitrogens is 2. The maximum atomic E-state index is 2.68. The standard InChI is InChI=1S/C26H38N2/c1-3-9-23(10-4-1)27-19-7-13-25(27)21-15-17-22(18-16-21)26-14-8-20-28(26)24-11-5-2-6-12-24/h7-8,13-14,19-24H,1-6,9-12,15-18H2. The van der Waals surface area contributed by atoms with E-state index >= 15 is 0 Å². The Labute approximate surface area is 171 Å². The third kappa shape index (κ3) is 3.72. The van der Waals surface area contributed by atoms with E-state index in [1.54, 1.807) is 11.4 Å². The fourth-order valence-electron chi connectivity index (χ4n) is 6.58. The van der Waals surface area contributed by atoms with Crippen LogP contribution in [0.3, 0.4) is 0 Å². The van der Waals surface area contributed by atoms with Crippen molar-refractivity contribution in [2.75, 3.05) is 0 Å². The Morgan fingerprint density at radius 1 is 0.500 bits per heavy atom. The lowest BCUT2D eigenvalue weighted by Crippen LogP contribution is -2.21. The van der Waals surface area contributed by atoms with Crippen LogP contribution in [0.1, 0.15) is 125 Å². The van der Waals surface area contributed by atoms with Gasteiger partial charge in [-0.2, -0.15) is 0 Å². The molecule has 0 bridgehead atoms. The SMILES string of the molecule is c1cc(C2CCC(c3cccn3C3CCCCC3)CC2)n(C2CCCCC2)c1. The van der Waals surface area contributed by atoms with E-state index in [1.165, 1.54) is 89.9 Å². The van der Waals surface area contributed by atoms with E-state index in [-0.39, 0.29) is 0 Å². The zero-order valence-electron chi connectivity index (χ0n) is 17.6. The van der Waals surface area contributed by atoms with Crippen molar-refractivity contribution in [3.05, 3.63) is 48.0 Å². The second kappa shape index (κ2) is 8.51. The molecule has 0 aliphatic heterocycles. The molecule has 0 radical (unpaired) electrons. The van der Waals surface area contributed by atoms with Crippen molar-refractivity contribution in [1.82, 2.24) is 9.13 Å². The van der Waals surface area contributed by atoms with Crippen LogP contribution >= 0.6 is 0 Å². The molecule has 3 fully saturated rings. The molecule has 0 atom stereocenters. The van der Waals surface area contributed by atoms with Crippen molar-refractivity contribution < 1.29 is 0 Å². The van der Waals surface area contributed by atoms with Crippen LogP contribution in [-0.2, 0) is 0 Å². The van der Waals surface area contributed by atoms with Crippen LogP contribution in [0.15, 0.2) is 36.7 Å². The molecule has 2 aromatic heterocycles. The first-order valence-electron chi connectivity index (χ1n) is 12.2. The Morgan fingerprint density at radius 2 is 0.893 bits per heavy atom. The lowest BCUT2D eigenvalue weighted by atomic mass is 9.78.